The van der Waals surface area contributed by atoms with Gasteiger partial charge in [-0.25, -0.2) is 0 Å². The summed E-state index contributed by atoms with van der Waals surface area (Å²) in [5.74, 6) is -2.45. The molecule has 0 aromatic carbocycles. The molecule has 0 amide bonds. The van der Waals surface area contributed by atoms with Crippen LogP contribution in [-0.4, -0.2) is 33.7 Å². The third-order valence-electron chi connectivity index (χ3n) is 2.54. The number of carbonyl (C=O) groups excluding carboxylic acids is 1. The first-order valence-electron chi connectivity index (χ1n) is 6.31. The van der Waals surface area contributed by atoms with Crippen LogP contribution >= 0.6 is 0 Å². The van der Waals surface area contributed by atoms with E-state index >= 15 is 0 Å². The molecule has 0 radical (unpaired) electrons. The van der Waals surface area contributed by atoms with Crippen molar-refractivity contribution in [2.24, 2.45) is 5.73 Å². The number of nitrogens with zero attached hydrogens (tertiary/aromatic N) is 1. The fraction of sp³-hybridized carbons (Fsp3) is 0.500. The van der Waals surface area contributed by atoms with Crippen molar-refractivity contribution >= 4 is 11.9 Å². The number of esters is 1. The highest BCUT2D eigenvalue weighted by molar-refractivity contribution is 5.80. The summed E-state index contributed by atoms with van der Waals surface area (Å²) in [5.41, 5.74) is 5.75. The number of aromatic nitrogens is 1. The van der Waals surface area contributed by atoms with Crippen LogP contribution in [0.3, 0.4) is 0 Å². The number of carbonyl (C=O) groups is 2. The van der Waals surface area contributed by atoms with Gasteiger partial charge >= 0.3 is 11.9 Å². The Morgan fingerprint density at radius 1 is 1.45 bits per heavy atom. The topological polar surface area (TPSA) is 103 Å². The van der Waals surface area contributed by atoms with Crippen molar-refractivity contribution in [1.82, 2.24) is 4.98 Å². The van der Waals surface area contributed by atoms with Gasteiger partial charge in [-0.2, -0.15) is 0 Å². The molecule has 0 fully saturated rings. The summed E-state index contributed by atoms with van der Waals surface area (Å²) in [6, 6.07) is 2.48. The summed E-state index contributed by atoms with van der Waals surface area (Å²) >= 11 is 0. The number of hydrogen-bond acceptors (Lipinski definition) is 5. The van der Waals surface area contributed by atoms with Crippen LogP contribution in [0.25, 0.3) is 0 Å². The lowest BCUT2D eigenvalue weighted by molar-refractivity contribution is -0.157. The second-order valence-corrected chi connectivity index (χ2v) is 5.56. The van der Waals surface area contributed by atoms with Crippen molar-refractivity contribution < 1.29 is 19.4 Å². The molecule has 0 aliphatic heterocycles. The zero-order valence-electron chi connectivity index (χ0n) is 11.9. The number of ether oxygens (including phenoxy) is 1. The van der Waals surface area contributed by atoms with Crippen molar-refractivity contribution in [3.05, 3.63) is 30.1 Å². The molecule has 2 atom stereocenters. The molecule has 0 aliphatic rings. The Bertz CT molecular complexity index is 468. The molecule has 3 N–H and O–H groups in total. The first-order chi connectivity index (χ1) is 9.20. The monoisotopic (exact) mass is 280 g/mol. The SMILES string of the molecule is CC(C)(C)OC(=O)[C@H](c1cccnc1)[C@H](N)CC(=O)O. The molecule has 0 bridgehead atoms. The Kier molecular flexibility index (Phi) is 5.21. The third-order valence-corrected chi connectivity index (χ3v) is 2.54. The Morgan fingerprint density at radius 2 is 2.10 bits per heavy atom. The molecule has 0 spiro atoms. The van der Waals surface area contributed by atoms with E-state index in [0.717, 1.165) is 0 Å². The molecule has 0 aliphatic carbocycles. The molecule has 1 aromatic rings. The van der Waals surface area contributed by atoms with E-state index < -0.39 is 29.5 Å². The maximum atomic E-state index is 12.3. The molecule has 0 saturated heterocycles. The maximum Gasteiger partial charge on any atom is 0.315 e. The largest absolute Gasteiger partial charge is 0.481 e. The highest BCUT2D eigenvalue weighted by Crippen LogP contribution is 2.24. The lowest BCUT2D eigenvalue weighted by Crippen LogP contribution is -2.39. The van der Waals surface area contributed by atoms with E-state index in [4.69, 9.17) is 15.6 Å². The second-order valence-electron chi connectivity index (χ2n) is 5.56. The van der Waals surface area contributed by atoms with Gasteiger partial charge in [0.25, 0.3) is 0 Å². The van der Waals surface area contributed by atoms with Crippen LogP contribution < -0.4 is 5.73 Å². The van der Waals surface area contributed by atoms with Crippen LogP contribution in [0.1, 0.15) is 38.7 Å². The van der Waals surface area contributed by atoms with Gasteiger partial charge in [0.05, 0.1) is 12.3 Å². The molecular formula is C14H20N2O4. The van der Waals surface area contributed by atoms with Gasteiger partial charge in [-0.1, -0.05) is 6.07 Å². The van der Waals surface area contributed by atoms with Crippen LogP contribution in [0, 0.1) is 0 Å². The van der Waals surface area contributed by atoms with Crippen LogP contribution in [0.5, 0.6) is 0 Å². The Labute approximate surface area is 118 Å². The van der Waals surface area contributed by atoms with Crippen LogP contribution in [0.15, 0.2) is 24.5 Å². The highest BCUT2D eigenvalue weighted by Gasteiger charge is 2.33. The van der Waals surface area contributed by atoms with E-state index in [0.29, 0.717) is 5.56 Å². The number of hydrogen-bond donors (Lipinski definition) is 2. The normalized spacial score (nSPS) is 14.4. The average molecular weight is 280 g/mol. The summed E-state index contributed by atoms with van der Waals surface area (Å²) in [6.45, 7) is 5.23. The highest BCUT2D eigenvalue weighted by atomic mass is 16.6. The quantitative estimate of drug-likeness (QED) is 0.788. The van der Waals surface area contributed by atoms with Gasteiger partial charge in [0, 0.05) is 18.4 Å². The van der Waals surface area contributed by atoms with Crippen LogP contribution in [-0.2, 0) is 14.3 Å². The van der Waals surface area contributed by atoms with E-state index in [1.807, 2.05) is 0 Å². The number of carboxylic acids is 1. The summed E-state index contributed by atoms with van der Waals surface area (Å²) in [6.07, 6.45) is 2.74. The van der Waals surface area contributed by atoms with E-state index in [1.54, 1.807) is 39.1 Å². The number of pyridine rings is 1. The summed E-state index contributed by atoms with van der Waals surface area (Å²) in [7, 11) is 0. The van der Waals surface area contributed by atoms with Crippen molar-refractivity contribution in [3.8, 4) is 0 Å². The first-order valence-corrected chi connectivity index (χ1v) is 6.31. The predicted octanol–water partition coefficient (Wildman–Crippen LogP) is 1.31. The van der Waals surface area contributed by atoms with Gasteiger partial charge in [0.2, 0.25) is 0 Å². The minimum Gasteiger partial charge on any atom is -0.481 e. The van der Waals surface area contributed by atoms with E-state index in [1.165, 1.54) is 6.20 Å². The van der Waals surface area contributed by atoms with E-state index in [-0.39, 0.29) is 6.42 Å². The zero-order chi connectivity index (χ0) is 15.3. The van der Waals surface area contributed by atoms with E-state index in [2.05, 4.69) is 4.98 Å². The minimum atomic E-state index is -1.06. The van der Waals surface area contributed by atoms with Gasteiger partial charge < -0.3 is 15.6 Å². The lowest BCUT2D eigenvalue weighted by atomic mass is 9.91. The molecule has 1 aromatic heterocycles. The molecule has 1 rings (SSSR count). The molecule has 110 valence electrons. The molecule has 1 heterocycles. The number of aliphatic carboxylic acids is 1. The van der Waals surface area contributed by atoms with Gasteiger partial charge in [-0.05, 0) is 32.4 Å². The molecule has 0 unspecified atom stereocenters. The first kappa shape index (κ1) is 16.1. The molecule has 6 nitrogen and oxygen atoms in total. The zero-order valence-corrected chi connectivity index (χ0v) is 11.9. The van der Waals surface area contributed by atoms with Crippen LogP contribution in [0.2, 0.25) is 0 Å². The van der Waals surface area contributed by atoms with E-state index in [9.17, 15) is 9.59 Å². The molecule has 20 heavy (non-hydrogen) atoms. The standard InChI is InChI=1S/C14H20N2O4/c1-14(2,3)20-13(19)12(10(15)7-11(17)18)9-5-4-6-16-8-9/h4-6,8,10,12H,7,15H2,1-3H3,(H,17,18)/t10-,12-/m1/s1. The number of nitrogens with two attached hydrogens (primary N) is 1. The van der Waals surface area contributed by atoms with Crippen LogP contribution in [0.4, 0.5) is 0 Å². The van der Waals surface area contributed by atoms with Crippen molar-refractivity contribution in [2.45, 2.75) is 44.8 Å². The summed E-state index contributed by atoms with van der Waals surface area (Å²) < 4.78 is 5.32. The fourth-order valence-corrected chi connectivity index (χ4v) is 1.80. The number of carboxylic acid groups (broad SMARTS) is 1. The van der Waals surface area contributed by atoms with Gasteiger partial charge in [-0.15, -0.1) is 0 Å². The fourth-order valence-electron chi connectivity index (χ4n) is 1.80. The smallest absolute Gasteiger partial charge is 0.315 e. The summed E-state index contributed by atoms with van der Waals surface area (Å²) in [5, 5.41) is 8.85. The Hall–Kier alpha value is -1.95. The average Bonchev–Trinajstić information content (AvgIpc) is 2.26. The molecular weight excluding hydrogens is 260 g/mol. The van der Waals surface area contributed by atoms with Gasteiger partial charge in [-0.3, -0.25) is 14.6 Å². The number of rotatable bonds is 5. The van der Waals surface area contributed by atoms with Crippen molar-refractivity contribution in [2.75, 3.05) is 0 Å². The maximum absolute atomic E-state index is 12.3. The van der Waals surface area contributed by atoms with Crippen molar-refractivity contribution in [1.29, 1.82) is 0 Å². The predicted molar refractivity (Wildman–Crippen MR) is 73.1 cm³/mol. The molecule has 6 heteroatoms. The summed E-state index contributed by atoms with van der Waals surface area (Å²) in [4.78, 5) is 27.0. The van der Waals surface area contributed by atoms with Crippen molar-refractivity contribution in [3.63, 3.8) is 0 Å². The Balaban J connectivity index is 3.02. The minimum absolute atomic E-state index is 0.321. The Morgan fingerprint density at radius 3 is 2.55 bits per heavy atom. The third kappa shape index (κ3) is 4.97. The van der Waals surface area contributed by atoms with Gasteiger partial charge in [0.15, 0.2) is 0 Å². The molecule has 0 saturated carbocycles. The van der Waals surface area contributed by atoms with Gasteiger partial charge in [0.1, 0.15) is 5.60 Å². The lowest BCUT2D eigenvalue weighted by Gasteiger charge is -2.26. The second kappa shape index (κ2) is 6.47.